The third-order valence-electron chi connectivity index (χ3n) is 7.67. The number of benzene rings is 1. The van der Waals surface area contributed by atoms with Gasteiger partial charge < -0.3 is 31.9 Å². The van der Waals surface area contributed by atoms with Crippen molar-refractivity contribution in [3.8, 4) is 0 Å². The molecule has 0 aliphatic carbocycles. The molecule has 2 heterocycles. The van der Waals surface area contributed by atoms with Gasteiger partial charge in [0, 0.05) is 6.92 Å². The van der Waals surface area contributed by atoms with E-state index in [1.54, 1.807) is 0 Å². The zero-order valence-electron chi connectivity index (χ0n) is 25.0. The van der Waals surface area contributed by atoms with Crippen LogP contribution in [0.25, 0.3) is 0 Å². The van der Waals surface area contributed by atoms with Crippen molar-refractivity contribution in [2.75, 3.05) is 7.11 Å². The van der Waals surface area contributed by atoms with Crippen molar-refractivity contribution in [3.05, 3.63) is 35.9 Å². The van der Waals surface area contributed by atoms with Gasteiger partial charge in [-0.05, 0) is 27.7 Å². The van der Waals surface area contributed by atoms with Crippen LogP contribution in [0, 0.1) is 0 Å². The Morgan fingerprint density at radius 2 is 1.36 bits per heavy atom. The van der Waals surface area contributed by atoms with Gasteiger partial charge in [-0.1, -0.05) is 85.7 Å². The lowest BCUT2D eigenvalue weighted by Gasteiger charge is -2.46. The van der Waals surface area contributed by atoms with E-state index < -0.39 is 59.8 Å². The van der Waals surface area contributed by atoms with E-state index in [0.717, 1.165) is 5.56 Å². The molecule has 3 rings (SSSR count). The van der Waals surface area contributed by atoms with Gasteiger partial charge in [0.1, 0.15) is 12.2 Å². The van der Waals surface area contributed by atoms with Crippen LogP contribution in [0.5, 0.6) is 0 Å². The van der Waals surface area contributed by atoms with E-state index in [1.807, 2.05) is 30.3 Å². The summed E-state index contributed by atoms with van der Waals surface area (Å²) in [7, 11) is -4.80. The molecule has 220 valence electrons. The molecule has 2 saturated heterocycles. The maximum absolute atomic E-state index is 13.0. The topological polar surface area (TPSA) is 98.8 Å². The van der Waals surface area contributed by atoms with Gasteiger partial charge in [-0.25, -0.2) is 4.79 Å². The molecule has 9 nitrogen and oxygen atoms in total. The maximum atomic E-state index is 13.0. The van der Waals surface area contributed by atoms with E-state index in [4.69, 9.17) is 31.9 Å². The second kappa shape index (κ2) is 12.9. The van der Waals surface area contributed by atoms with Crippen molar-refractivity contribution in [1.82, 2.24) is 0 Å². The van der Waals surface area contributed by atoms with E-state index in [1.165, 1.54) is 14.0 Å². The highest BCUT2D eigenvalue weighted by atomic mass is 28.5. The van der Waals surface area contributed by atoms with Crippen LogP contribution in [0.1, 0.15) is 67.9 Å². The Morgan fingerprint density at radius 1 is 0.846 bits per heavy atom. The first kappa shape index (κ1) is 31.9. The number of fused-ring (bicyclic) bond motifs is 1. The van der Waals surface area contributed by atoms with Crippen LogP contribution in [-0.4, -0.2) is 66.9 Å². The second-order valence-corrected chi connectivity index (χ2v) is 20.4. The minimum Gasteiger partial charge on any atom is -0.467 e. The SMILES string of the molecule is COC(=O)[C@H]1O[C@@H](OCc2ccccc2)[C@@H]2O[Si](C(C)C)(C(C)C)O[Si](C(C)C)(C(C)C)O[C@H]2[C@@H]1OC(C)=O. The number of carbonyl (C=O) groups is 2. The molecule has 0 bridgehead atoms. The third-order valence-corrected chi connectivity index (χ3v) is 17.9. The fraction of sp³-hybridized carbons (Fsp3) is 0.714. The van der Waals surface area contributed by atoms with Crippen LogP contribution in [0.15, 0.2) is 30.3 Å². The Morgan fingerprint density at radius 3 is 1.82 bits per heavy atom. The zero-order valence-corrected chi connectivity index (χ0v) is 27.0. The molecule has 0 N–H and O–H groups in total. The van der Waals surface area contributed by atoms with Crippen molar-refractivity contribution in [1.29, 1.82) is 0 Å². The standard InChI is InChI=1S/C28H46O9Si2/c1-17(2)38(18(3)4)35-24-23(33-21(9)29)25(27(30)31-10)34-28(32-16-22-14-12-11-13-15-22)26(24)36-39(37-38,19(5)6)20(7)8/h11-15,17-20,23-26,28H,16H2,1-10H3/t23-,24-,25-,26+,28+/m0/s1. The summed E-state index contributed by atoms with van der Waals surface area (Å²) in [5.41, 5.74) is 1.18. The molecule has 0 radical (unpaired) electrons. The smallest absolute Gasteiger partial charge is 0.339 e. The largest absolute Gasteiger partial charge is 0.467 e. The van der Waals surface area contributed by atoms with E-state index in [2.05, 4.69) is 55.4 Å². The predicted octanol–water partition coefficient (Wildman–Crippen LogP) is 5.36. The molecule has 0 amide bonds. The Balaban J connectivity index is 2.20. The quantitative estimate of drug-likeness (QED) is 0.281. The highest BCUT2D eigenvalue weighted by Crippen LogP contribution is 2.50. The number of methoxy groups -OCH3 is 1. The zero-order chi connectivity index (χ0) is 29.1. The van der Waals surface area contributed by atoms with Gasteiger partial charge in [0.15, 0.2) is 18.5 Å². The van der Waals surface area contributed by atoms with Gasteiger partial charge >= 0.3 is 29.1 Å². The van der Waals surface area contributed by atoms with Gasteiger partial charge in [0.2, 0.25) is 0 Å². The fourth-order valence-electron chi connectivity index (χ4n) is 5.66. The average molecular weight is 583 g/mol. The van der Waals surface area contributed by atoms with Gasteiger partial charge in [-0.15, -0.1) is 0 Å². The summed E-state index contributed by atoms with van der Waals surface area (Å²) in [5, 5.41) is 0. The Kier molecular flexibility index (Phi) is 10.6. The molecule has 0 saturated carbocycles. The van der Waals surface area contributed by atoms with Crippen LogP contribution in [0.4, 0.5) is 0 Å². The van der Waals surface area contributed by atoms with Gasteiger partial charge in [-0.2, -0.15) is 0 Å². The summed E-state index contributed by atoms with van der Waals surface area (Å²) in [6, 6.07) is 9.68. The minimum absolute atomic E-state index is 0.0466. The van der Waals surface area contributed by atoms with Crippen molar-refractivity contribution in [2.45, 2.75) is 122 Å². The molecule has 0 aromatic heterocycles. The monoisotopic (exact) mass is 582 g/mol. The van der Waals surface area contributed by atoms with Crippen molar-refractivity contribution in [3.63, 3.8) is 0 Å². The molecule has 1 aromatic rings. The van der Waals surface area contributed by atoms with E-state index in [0.29, 0.717) is 0 Å². The summed E-state index contributed by atoms with van der Waals surface area (Å²) >= 11 is 0. The molecule has 5 atom stereocenters. The van der Waals surface area contributed by atoms with E-state index in [-0.39, 0.29) is 28.8 Å². The van der Waals surface area contributed by atoms with Crippen molar-refractivity contribution in [2.24, 2.45) is 0 Å². The lowest BCUT2D eigenvalue weighted by atomic mass is 9.98. The molecular formula is C28H46O9Si2. The Labute approximate surface area is 235 Å². The summed E-state index contributed by atoms with van der Waals surface area (Å²) < 4.78 is 44.8. The van der Waals surface area contributed by atoms with Crippen molar-refractivity contribution < 1.29 is 41.5 Å². The number of hydrogen-bond acceptors (Lipinski definition) is 9. The fourth-order valence-corrected chi connectivity index (χ4v) is 16.9. The van der Waals surface area contributed by atoms with E-state index in [9.17, 15) is 9.59 Å². The Hall–Kier alpha value is -1.61. The number of hydrogen-bond donors (Lipinski definition) is 0. The molecule has 11 heteroatoms. The van der Waals surface area contributed by atoms with Gasteiger partial charge in [0.25, 0.3) is 0 Å². The number of rotatable bonds is 9. The minimum atomic E-state index is -3.06. The first-order chi connectivity index (χ1) is 18.3. The first-order valence-electron chi connectivity index (χ1n) is 13.9. The number of ether oxygens (including phenoxy) is 4. The molecule has 1 aromatic carbocycles. The molecule has 2 aliphatic rings. The van der Waals surface area contributed by atoms with Crippen LogP contribution < -0.4 is 0 Å². The lowest BCUT2D eigenvalue weighted by Crippen LogP contribution is -2.65. The Bertz CT molecular complexity index is 953. The number of carbonyl (C=O) groups excluding carboxylic acids is 2. The molecule has 39 heavy (non-hydrogen) atoms. The van der Waals surface area contributed by atoms with Crippen LogP contribution in [0.3, 0.4) is 0 Å². The third kappa shape index (κ3) is 6.50. The number of esters is 2. The highest BCUT2D eigenvalue weighted by molar-refractivity contribution is 6.84. The normalized spacial score (nSPS) is 28.3. The van der Waals surface area contributed by atoms with Gasteiger partial charge in [-0.3, -0.25) is 4.79 Å². The lowest BCUT2D eigenvalue weighted by molar-refractivity contribution is -0.292. The van der Waals surface area contributed by atoms with Crippen LogP contribution >= 0.6 is 0 Å². The summed E-state index contributed by atoms with van der Waals surface area (Å²) in [6.07, 6.45) is -5.03. The highest BCUT2D eigenvalue weighted by Gasteiger charge is 2.66. The molecular weight excluding hydrogens is 536 g/mol. The average Bonchev–Trinajstić information content (AvgIpc) is 3.05. The van der Waals surface area contributed by atoms with Crippen LogP contribution in [-0.2, 0) is 48.1 Å². The first-order valence-corrected chi connectivity index (χ1v) is 17.8. The molecule has 2 fully saturated rings. The van der Waals surface area contributed by atoms with Crippen LogP contribution in [0.2, 0.25) is 22.2 Å². The predicted molar refractivity (Wildman–Crippen MR) is 150 cm³/mol. The summed E-state index contributed by atoms with van der Waals surface area (Å²) in [6.45, 7) is 18.4. The van der Waals surface area contributed by atoms with Crippen molar-refractivity contribution >= 4 is 29.1 Å². The molecule has 0 unspecified atom stereocenters. The second-order valence-electron chi connectivity index (χ2n) is 11.6. The van der Waals surface area contributed by atoms with Gasteiger partial charge in [0.05, 0.1) is 13.7 Å². The maximum Gasteiger partial charge on any atom is 0.339 e. The summed E-state index contributed by atoms with van der Waals surface area (Å²) in [5.74, 6) is -1.24. The molecule has 2 aliphatic heterocycles. The summed E-state index contributed by atoms with van der Waals surface area (Å²) in [4.78, 5) is 25.3. The molecule has 0 spiro atoms. The van der Waals surface area contributed by atoms with E-state index >= 15 is 0 Å².